The van der Waals surface area contributed by atoms with Gasteiger partial charge in [-0.2, -0.15) is 0 Å². The number of aromatic amines is 1. The third-order valence-corrected chi connectivity index (χ3v) is 4.10. The van der Waals surface area contributed by atoms with Crippen LogP contribution in [0.4, 0.5) is 11.4 Å². The van der Waals surface area contributed by atoms with Gasteiger partial charge in [0.25, 0.3) is 5.91 Å². The maximum absolute atomic E-state index is 12.4. The lowest BCUT2D eigenvalue weighted by Crippen LogP contribution is -2.30. The lowest BCUT2D eigenvalue weighted by Gasteiger charge is -2.27. The molecular formula is C19H22N4O. The van der Waals surface area contributed by atoms with Gasteiger partial charge in [0.2, 0.25) is 0 Å². The van der Waals surface area contributed by atoms with Crippen molar-refractivity contribution < 1.29 is 4.79 Å². The quantitative estimate of drug-likeness (QED) is 0.745. The molecule has 0 unspecified atom stereocenters. The van der Waals surface area contributed by atoms with E-state index in [4.69, 9.17) is 0 Å². The Kier molecular flexibility index (Phi) is 4.51. The minimum atomic E-state index is -0.129. The van der Waals surface area contributed by atoms with Gasteiger partial charge in [-0.25, -0.2) is 4.98 Å². The van der Waals surface area contributed by atoms with Gasteiger partial charge in [0.1, 0.15) is 0 Å². The zero-order chi connectivity index (χ0) is 17.1. The van der Waals surface area contributed by atoms with Crippen LogP contribution in [0.3, 0.4) is 0 Å². The fourth-order valence-electron chi connectivity index (χ4n) is 2.86. The molecule has 124 valence electrons. The van der Waals surface area contributed by atoms with Gasteiger partial charge < -0.3 is 15.2 Å². The van der Waals surface area contributed by atoms with Crippen LogP contribution in [-0.2, 0) is 0 Å². The molecule has 5 heteroatoms. The minimum absolute atomic E-state index is 0.129. The summed E-state index contributed by atoms with van der Waals surface area (Å²) in [5, 5.41) is 2.94. The number of hydrogen-bond acceptors (Lipinski definition) is 3. The van der Waals surface area contributed by atoms with Crippen LogP contribution in [0.25, 0.3) is 11.0 Å². The number of nitrogens with one attached hydrogen (secondary N) is 2. The number of imidazole rings is 1. The van der Waals surface area contributed by atoms with Gasteiger partial charge in [-0.1, -0.05) is 0 Å². The predicted octanol–water partition coefficient (Wildman–Crippen LogP) is 4.05. The molecular weight excluding hydrogens is 300 g/mol. The smallest absolute Gasteiger partial charge is 0.255 e. The summed E-state index contributed by atoms with van der Waals surface area (Å²) in [5.74, 6) is -0.129. The van der Waals surface area contributed by atoms with Crippen LogP contribution in [0.2, 0.25) is 0 Å². The van der Waals surface area contributed by atoms with Crippen molar-refractivity contribution in [2.45, 2.75) is 26.8 Å². The SMILES string of the molecule is CCN(c1ccc(NC(=O)c2ccc3nc[nH]c3c2)cc1)C(C)C. The molecule has 0 spiro atoms. The number of H-pyrrole nitrogens is 1. The number of rotatable bonds is 5. The number of aromatic nitrogens is 2. The summed E-state index contributed by atoms with van der Waals surface area (Å²) in [4.78, 5) is 21.9. The van der Waals surface area contributed by atoms with Gasteiger partial charge in [0, 0.05) is 29.5 Å². The molecule has 1 heterocycles. The van der Waals surface area contributed by atoms with E-state index in [2.05, 4.69) is 41.0 Å². The van der Waals surface area contributed by atoms with Crippen molar-refractivity contribution in [2.24, 2.45) is 0 Å². The average Bonchev–Trinajstić information content (AvgIpc) is 3.04. The summed E-state index contributed by atoms with van der Waals surface area (Å²) in [5.41, 5.74) is 4.25. The van der Waals surface area contributed by atoms with Crippen molar-refractivity contribution in [3.63, 3.8) is 0 Å². The summed E-state index contributed by atoms with van der Waals surface area (Å²) >= 11 is 0. The first-order valence-electron chi connectivity index (χ1n) is 8.19. The summed E-state index contributed by atoms with van der Waals surface area (Å²) in [6, 6.07) is 13.8. The predicted molar refractivity (Wildman–Crippen MR) is 98.6 cm³/mol. The number of carbonyl (C=O) groups excluding carboxylic acids is 1. The maximum Gasteiger partial charge on any atom is 0.255 e. The highest BCUT2D eigenvalue weighted by Crippen LogP contribution is 2.20. The molecule has 0 radical (unpaired) electrons. The molecule has 5 nitrogen and oxygen atoms in total. The first-order chi connectivity index (χ1) is 11.6. The summed E-state index contributed by atoms with van der Waals surface area (Å²) in [6.45, 7) is 7.43. The molecule has 1 aromatic heterocycles. The van der Waals surface area contributed by atoms with Crippen LogP contribution >= 0.6 is 0 Å². The average molecular weight is 322 g/mol. The van der Waals surface area contributed by atoms with Gasteiger partial charge >= 0.3 is 0 Å². The Morgan fingerprint density at radius 2 is 1.96 bits per heavy atom. The van der Waals surface area contributed by atoms with Gasteiger partial charge in [-0.15, -0.1) is 0 Å². The molecule has 0 bridgehead atoms. The zero-order valence-electron chi connectivity index (χ0n) is 14.2. The van der Waals surface area contributed by atoms with E-state index in [1.54, 1.807) is 12.4 Å². The van der Waals surface area contributed by atoms with Gasteiger partial charge in [0.05, 0.1) is 17.4 Å². The van der Waals surface area contributed by atoms with Crippen LogP contribution < -0.4 is 10.2 Å². The number of hydrogen-bond donors (Lipinski definition) is 2. The number of nitrogens with zero attached hydrogens (tertiary/aromatic N) is 2. The monoisotopic (exact) mass is 322 g/mol. The Morgan fingerprint density at radius 3 is 2.62 bits per heavy atom. The second-order valence-electron chi connectivity index (χ2n) is 6.02. The van der Waals surface area contributed by atoms with Gasteiger partial charge in [-0.05, 0) is 63.2 Å². The third kappa shape index (κ3) is 3.25. The van der Waals surface area contributed by atoms with E-state index in [0.29, 0.717) is 11.6 Å². The van der Waals surface area contributed by atoms with E-state index in [1.807, 2.05) is 36.4 Å². The van der Waals surface area contributed by atoms with Crippen LogP contribution in [0.1, 0.15) is 31.1 Å². The van der Waals surface area contributed by atoms with Crippen molar-refractivity contribution in [1.82, 2.24) is 9.97 Å². The van der Waals surface area contributed by atoms with Crippen LogP contribution in [-0.4, -0.2) is 28.5 Å². The van der Waals surface area contributed by atoms with Gasteiger partial charge in [-0.3, -0.25) is 4.79 Å². The highest BCUT2D eigenvalue weighted by atomic mass is 16.1. The zero-order valence-corrected chi connectivity index (χ0v) is 14.2. The Morgan fingerprint density at radius 1 is 1.21 bits per heavy atom. The van der Waals surface area contributed by atoms with Crippen LogP contribution in [0, 0.1) is 0 Å². The first kappa shape index (κ1) is 16.1. The van der Waals surface area contributed by atoms with E-state index in [9.17, 15) is 4.79 Å². The topological polar surface area (TPSA) is 61.0 Å². The second kappa shape index (κ2) is 6.74. The molecule has 24 heavy (non-hydrogen) atoms. The molecule has 0 atom stereocenters. The molecule has 0 fully saturated rings. The van der Waals surface area contributed by atoms with E-state index >= 15 is 0 Å². The molecule has 3 rings (SSSR count). The largest absolute Gasteiger partial charge is 0.369 e. The Hall–Kier alpha value is -2.82. The van der Waals surface area contributed by atoms with Gasteiger partial charge in [0.15, 0.2) is 0 Å². The summed E-state index contributed by atoms with van der Waals surface area (Å²) in [7, 11) is 0. The van der Waals surface area contributed by atoms with Crippen molar-refractivity contribution in [3.05, 3.63) is 54.4 Å². The standard InChI is InChI=1S/C19H22N4O/c1-4-23(13(2)3)16-8-6-15(7-9-16)22-19(24)14-5-10-17-18(11-14)21-12-20-17/h5-13H,4H2,1-3H3,(H,20,21)(H,22,24). The summed E-state index contributed by atoms with van der Waals surface area (Å²) in [6.07, 6.45) is 1.62. The minimum Gasteiger partial charge on any atom is -0.369 e. The van der Waals surface area contributed by atoms with Crippen molar-refractivity contribution >= 4 is 28.3 Å². The van der Waals surface area contributed by atoms with Crippen molar-refractivity contribution in [1.29, 1.82) is 0 Å². The Labute approximate surface area is 141 Å². The Bertz CT molecular complexity index is 836. The molecule has 2 N–H and O–H groups in total. The second-order valence-corrected chi connectivity index (χ2v) is 6.02. The highest BCUT2D eigenvalue weighted by molar-refractivity contribution is 6.05. The number of fused-ring (bicyclic) bond motifs is 1. The molecule has 0 aliphatic carbocycles. The number of amides is 1. The van der Waals surface area contributed by atoms with E-state index < -0.39 is 0 Å². The fraction of sp³-hybridized carbons (Fsp3) is 0.263. The van der Waals surface area contributed by atoms with Crippen molar-refractivity contribution in [2.75, 3.05) is 16.8 Å². The number of carbonyl (C=O) groups is 1. The molecule has 0 saturated carbocycles. The molecule has 0 aliphatic rings. The first-order valence-corrected chi connectivity index (χ1v) is 8.19. The lowest BCUT2D eigenvalue weighted by atomic mass is 10.1. The highest BCUT2D eigenvalue weighted by Gasteiger charge is 2.10. The fourth-order valence-corrected chi connectivity index (χ4v) is 2.86. The molecule has 3 aromatic rings. The third-order valence-electron chi connectivity index (χ3n) is 4.10. The molecule has 0 aliphatic heterocycles. The molecule has 2 aromatic carbocycles. The van der Waals surface area contributed by atoms with Crippen molar-refractivity contribution in [3.8, 4) is 0 Å². The van der Waals surface area contributed by atoms with Crippen LogP contribution in [0.5, 0.6) is 0 Å². The molecule has 0 saturated heterocycles. The van der Waals surface area contributed by atoms with E-state index in [1.165, 1.54) is 0 Å². The normalized spacial score (nSPS) is 11.0. The lowest BCUT2D eigenvalue weighted by molar-refractivity contribution is 0.102. The summed E-state index contributed by atoms with van der Waals surface area (Å²) < 4.78 is 0. The van der Waals surface area contributed by atoms with E-state index in [-0.39, 0.29) is 5.91 Å². The number of anilines is 2. The van der Waals surface area contributed by atoms with Crippen LogP contribution in [0.15, 0.2) is 48.8 Å². The maximum atomic E-state index is 12.4. The Balaban J connectivity index is 1.74. The van der Waals surface area contributed by atoms with E-state index in [0.717, 1.165) is 29.0 Å². The number of benzene rings is 2. The molecule has 1 amide bonds.